The lowest BCUT2D eigenvalue weighted by Gasteiger charge is -2.03. The predicted octanol–water partition coefficient (Wildman–Crippen LogP) is 1.79. The molecule has 0 atom stereocenters. The van der Waals surface area contributed by atoms with Crippen LogP contribution >= 0.6 is 0 Å². The zero-order valence-corrected chi connectivity index (χ0v) is 13.1. The summed E-state index contributed by atoms with van der Waals surface area (Å²) in [6.07, 6.45) is 4.18. The first kappa shape index (κ1) is 15.0. The number of nitrogens with zero attached hydrogens (tertiary/aromatic N) is 4. The largest absolute Gasteiger partial charge is 0.345 e. The first-order valence-electron chi connectivity index (χ1n) is 7.46. The van der Waals surface area contributed by atoms with E-state index in [4.69, 9.17) is 0 Å². The fourth-order valence-electron chi connectivity index (χ4n) is 2.25. The van der Waals surface area contributed by atoms with Gasteiger partial charge in [0.2, 0.25) is 0 Å². The molecule has 0 radical (unpaired) electrons. The van der Waals surface area contributed by atoms with Crippen LogP contribution in [-0.2, 0) is 13.0 Å². The molecule has 0 aliphatic rings. The van der Waals surface area contributed by atoms with Crippen molar-refractivity contribution in [3.05, 3.63) is 59.4 Å². The van der Waals surface area contributed by atoms with E-state index in [1.807, 2.05) is 38.1 Å². The molecule has 23 heavy (non-hydrogen) atoms. The van der Waals surface area contributed by atoms with E-state index in [1.54, 1.807) is 17.1 Å². The molecular weight excluding hydrogens is 292 g/mol. The Morgan fingerprint density at radius 1 is 1.35 bits per heavy atom. The van der Waals surface area contributed by atoms with Gasteiger partial charge >= 0.3 is 0 Å². The van der Waals surface area contributed by atoms with Gasteiger partial charge in [-0.25, -0.2) is 9.67 Å². The van der Waals surface area contributed by atoms with Crippen molar-refractivity contribution >= 4 is 5.91 Å². The smallest absolute Gasteiger partial charge is 0.273 e. The second-order valence-electron chi connectivity index (χ2n) is 5.23. The quantitative estimate of drug-likeness (QED) is 0.752. The van der Waals surface area contributed by atoms with Crippen LogP contribution in [0.4, 0.5) is 0 Å². The highest BCUT2D eigenvalue weighted by molar-refractivity contribution is 5.91. The van der Waals surface area contributed by atoms with E-state index in [0.29, 0.717) is 6.54 Å². The average Bonchev–Trinajstić information content (AvgIpc) is 3.22. The van der Waals surface area contributed by atoms with E-state index in [2.05, 4.69) is 25.6 Å². The lowest BCUT2D eigenvalue weighted by atomic mass is 10.2. The summed E-state index contributed by atoms with van der Waals surface area (Å²) in [6, 6.07) is 7.80. The van der Waals surface area contributed by atoms with Gasteiger partial charge < -0.3 is 10.3 Å². The van der Waals surface area contributed by atoms with E-state index in [1.165, 1.54) is 0 Å². The van der Waals surface area contributed by atoms with Crippen molar-refractivity contribution in [2.24, 2.45) is 0 Å². The maximum Gasteiger partial charge on any atom is 0.273 e. The van der Waals surface area contributed by atoms with Crippen LogP contribution in [0.5, 0.6) is 0 Å². The number of hydrogen-bond acceptors (Lipinski definition) is 4. The van der Waals surface area contributed by atoms with Gasteiger partial charge in [-0.1, -0.05) is 30.3 Å². The zero-order chi connectivity index (χ0) is 16.2. The number of amides is 1. The number of benzene rings is 1. The number of aryl methyl sites for hydroxylation is 2. The summed E-state index contributed by atoms with van der Waals surface area (Å²) in [5, 5.41) is 10.8. The Bertz CT molecular complexity index is 819. The molecule has 0 saturated heterocycles. The number of carbonyl (C=O) groups is 1. The second-order valence-corrected chi connectivity index (χ2v) is 5.23. The Morgan fingerprint density at radius 2 is 2.17 bits per heavy atom. The highest BCUT2D eigenvalue weighted by atomic mass is 16.2. The third kappa shape index (κ3) is 3.28. The first-order valence-corrected chi connectivity index (χ1v) is 7.46. The summed E-state index contributed by atoms with van der Waals surface area (Å²) in [6.45, 7) is 4.38. The van der Waals surface area contributed by atoms with E-state index in [9.17, 15) is 4.79 Å². The second kappa shape index (κ2) is 6.43. The van der Waals surface area contributed by atoms with Crippen LogP contribution in [0.25, 0.3) is 5.69 Å². The van der Waals surface area contributed by atoms with Gasteiger partial charge in [-0.05, 0) is 18.6 Å². The summed E-state index contributed by atoms with van der Waals surface area (Å²) in [7, 11) is 0. The Balaban J connectivity index is 1.68. The van der Waals surface area contributed by atoms with Crippen molar-refractivity contribution in [1.82, 2.24) is 30.3 Å². The molecule has 3 rings (SSSR count). The number of nitrogens with one attached hydrogen (secondary N) is 2. The minimum absolute atomic E-state index is 0.266. The van der Waals surface area contributed by atoms with Crippen molar-refractivity contribution in [1.29, 1.82) is 0 Å². The summed E-state index contributed by atoms with van der Waals surface area (Å²) in [4.78, 5) is 19.5. The molecule has 1 aromatic carbocycles. The molecule has 0 spiro atoms. The van der Waals surface area contributed by atoms with Gasteiger partial charge in [0, 0.05) is 6.42 Å². The molecule has 1 amide bonds. The molecule has 118 valence electrons. The average molecular weight is 310 g/mol. The predicted molar refractivity (Wildman–Crippen MR) is 85.2 cm³/mol. The van der Waals surface area contributed by atoms with Gasteiger partial charge in [0.1, 0.15) is 5.82 Å². The van der Waals surface area contributed by atoms with Crippen molar-refractivity contribution in [3.8, 4) is 5.69 Å². The molecule has 0 unspecified atom stereocenters. The normalized spacial score (nSPS) is 10.7. The van der Waals surface area contributed by atoms with Crippen LogP contribution in [-0.4, -0.2) is 30.9 Å². The molecule has 0 aliphatic heterocycles. The Kier molecular flexibility index (Phi) is 4.18. The number of aromatic nitrogens is 5. The fourth-order valence-corrected chi connectivity index (χ4v) is 2.25. The van der Waals surface area contributed by atoms with Gasteiger partial charge in [-0.3, -0.25) is 4.79 Å². The van der Waals surface area contributed by atoms with Crippen molar-refractivity contribution in [2.45, 2.75) is 26.8 Å². The molecular formula is C16H18N6O. The maximum absolute atomic E-state index is 12.2. The van der Waals surface area contributed by atoms with Gasteiger partial charge in [0.25, 0.3) is 5.91 Å². The summed E-state index contributed by atoms with van der Waals surface area (Å²) >= 11 is 0. The molecule has 0 fully saturated rings. The number of imidazole rings is 1. The van der Waals surface area contributed by atoms with Gasteiger partial charge in [-0.15, -0.1) is 5.10 Å². The SMILES string of the molecule is CCc1ncc(CNC(=O)c2cn(-c3ccccc3C)nn2)[nH]1. The first-order chi connectivity index (χ1) is 11.2. The van der Waals surface area contributed by atoms with Crippen LogP contribution in [0.15, 0.2) is 36.7 Å². The molecule has 2 aromatic heterocycles. The molecule has 3 aromatic rings. The van der Waals surface area contributed by atoms with Crippen molar-refractivity contribution in [2.75, 3.05) is 0 Å². The van der Waals surface area contributed by atoms with Gasteiger partial charge in [0.15, 0.2) is 5.69 Å². The minimum atomic E-state index is -0.266. The van der Waals surface area contributed by atoms with E-state index >= 15 is 0 Å². The van der Waals surface area contributed by atoms with Crippen molar-refractivity contribution in [3.63, 3.8) is 0 Å². The molecule has 2 N–H and O–H groups in total. The maximum atomic E-state index is 12.2. The van der Waals surface area contributed by atoms with Crippen LogP contribution in [0.3, 0.4) is 0 Å². The van der Waals surface area contributed by atoms with Crippen LogP contribution in [0, 0.1) is 6.92 Å². The molecule has 0 aliphatic carbocycles. The summed E-state index contributed by atoms with van der Waals surface area (Å²) < 4.78 is 1.61. The third-order valence-electron chi connectivity index (χ3n) is 3.54. The molecule has 0 bridgehead atoms. The standard InChI is InChI=1S/C16H18N6O/c1-3-15-17-8-12(19-15)9-18-16(23)13-10-22(21-20-13)14-7-5-4-6-11(14)2/h4-8,10H,3,9H2,1-2H3,(H,17,19)(H,18,23). The van der Waals surface area contributed by atoms with E-state index in [0.717, 1.165) is 29.2 Å². The summed E-state index contributed by atoms with van der Waals surface area (Å²) in [5.74, 6) is 0.636. The molecule has 0 saturated carbocycles. The fraction of sp³-hybridized carbons (Fsp3) is 0.250. The van der Waals surface area contributed by atoms with Gasteiger partial charge in [-0.2, -0.15) is 0 Å². The van der Waals surface area contributed by atoms with E-state index in [-0.39, 0.29) is 11.6 Å². The van der Waals surface area contributed by atoms with Crippen LogP contribution < -0.4 is 5.32 Å². The number of aromatic amines is 1. The van der Waals surface area contributed by atoms with Gasteiger partial charge in [0.05, 0.1) is 30.3 Å². The highest BCUT2D eigenvalue weighted by Gasteiger charge is 2.12. The summed E-state index contributed by atoms with van der Waals surface area (Å²) in [5.41, 5.74) is 3.11. The molecule has 7 heteroatoms. The number of H-pyrrole nitrogens is 1. The number of rotatable bonds is 5. The number of para-hydroxylation sites is 1. The van der Waals surface area contributed by atoms with Crippen LogP contribution in [0.1, 0.15) is 34.5 Å². The Labute approximate surface area is 133 Å². The van der Waals surface area contributed by atoms with Crippen LogP contribution in [0.2, 0.25) is 0 Å². The van der Waals surface area contributed by atoms with Crippen molar-refractivity contribution < 1.29 is 4.79 Å². The Hall–Kier alpha value is -2.96. The minimum Gasteiger partial charge on any atom is -0.345 e. The molecule has 7 nitrogen and oxygen atoms in total. The monoisotopic (exact) mass is 310 g/mol. The topological polar surface area (TPSA) is 88.5 Å². The van der Waals surface area contributed by atoms with E-state index < -0.39 is 0 Å². The number of carbonyl (C=O) groups excluding carboxylic acids is 1. The Morgan fingerprint density at radius 3 is 2.91 bits per heavy atom. The highest BCUT2D eigenvalue weighted by Crippen LogP contribution is 2.12. The third-order valence-corrected chi connectivity index (χ3v) is 3.54. The lowest BCUT2D eigenvalue weighted by Crippen LogP contribution is -2.23. The lowest BCUT2D eigenvalue weighted by molar-refractivity contribution is 0.0945. The zero-order valence-electron chi connectivity index (χ0n) is 13.1. The number of hydrogen-bond donors (Lipinski definition) is 2. The molecule has 2 heterocycles.